The number of aryl methyl sites for hydroxylation is 1. The first kappa shape index (κ1) is 11.1. The number of hydrogen-bond acceptors (Lipinski definition) is 2. The molecule has 3 N–H and O–H groups in total. The lowest BCUT2D eigenvalue weighted by Gasteiger charge is -2.26. The minimum atomic E-state index is -0.125. The van der Waals surface area contributed by atoms with Crippen LogP contribution in [0.15, 0.2) is 22.7 Å². The summed E-state index contributed by atoms with van der Waals surface area (Å²) in [6, 6.07) is 6.51. The molecule has 0 spiro atoms. The normalized spacial score (nSPS) is 30.8. The van der Waals surface area contributed by atoms with Crippen LogP contribution in [0.2, 0.25) is 0 Å². The van der Waals surface area contributed by atoms with E-state index in [0.717, 1.165) is 17.6 Å². The lowest BCUT2D eigenvalue weighted by Crippen LogP contribution is -2.42. The van der Waals surface area contributed by atoms with E-state index in [2.05, 4.69) is 53.3 Å². The van der Waals surface area contributed by atoms with E-state index in [1.807, 2.05) is 0 Å². The summed E-state index contributed by atoms with van der Waals surface area (Å²) >= 11 is 3.52. The van der Waals surface area contributed by atoms with Gasteiger partial charge in [-0.05, 0) is 31.0 Å². The van der Waals surface area contributed by atoms with Crippen LogP contribution < -0.4 is 11.1 Å². The summed E-state index contributed by atoms with van der Waals surface area (Å²) in [5.74, 6) is 0.421. The summed E-state index contributed by atoms with van der Waals surface area (Å²) in [6.07, 6.45) is 0. The van der Waals surface area contributed by atoms with Crippen LogP contribution in [-0.2, 0) is 0 Å². The molecule has 1 aromatic carbocycles. The van der Waals surface area contributed by atoms with Crippen molar-refractivity contribution in [3.05, 3.63) is 33.8 Å². The third kappa shape index (κ3) is 2.10. The van der Waals surface area contributed by atoms with Gasteiger partial charge in [-0.1, -0.05) is 28.1 Å². The van der Waals surface area contributed by atoms with Crippen molar-refractivity contribution in [1.29, 1.82) is 0 Å². The molecular weight excluding hydrogens is 252 g/mol. The zero-order valence-electron chi connectivity index (χ0n) is 9.18. The Morgan fingerprint density at radius 3 is 2.80 bits per heavy atom. The van der Waals surface area contributed by atoms with Crippen LogP contribution in [-0.4, -0.2) is 18.6 Å². The maximum atomic E-state index is 6.27. The van der Waals surface area contributed by atoms with E-state index in [9.17, 15) is 0 Å². The summed E-state index contributed by atoms with van der Waals surface area (Å²) in [6.45, 7) is 6.11. The van der Waals surface area contributed by atoms with Gasteiger partial charge in [0.1, 0.15) is 0 Å². The highest BCUT2D eigenvalue weighted by Crippen LogP contribution is 2.31. The molecule has 2 unspecified atom stereocenters. The predicted molar refractivity (Wildman–Crippen MR) is 67.1 cm³/mol. The average molecular weight is 269 g/mol. The van der Waals surface area contributed by atoms with Crippen LogP contribution in [0.4, 0.5) is 0 Å². The lowest BCUT2D eigenvalue weighted by atomic mass is 9.84. The number of halogens is 1. The molecule has 1 aromatic rings. The molecule has 0 aliphatic carbocycles. The highest BCUT2D eigenvalue weighted by Gasteiger charge is 2.35. The molecule has 0 amide bonds. The van der Waals surface area contributed by atoms with Crippen LogP contribution in [0, 0.1) is 6.92 Å². The van der Waals surface area contributed by atoms with Gasteiger partial charge in [0.2, 0.25) is 0 Å². The zero-order chi connectivity index (χ0) is 11.1. The molecule has 1 aliphatic rings. The molecule has 0 saturated carbocycles. The third-order valence-corrected chi connectivity index (χ3v) is 4.12. The average Bonchev–Trinajstić information content (AvgIpc) is 2.50. The van der Waals surface area contributed by atoms with Crippen LogP contribution in [0.3, 0.4) is 0 Å². The van der Waals surface area contributed by atoms with Gasteiger partial charge in [-0.2, -0.15) is 0 Å². The topological polar surface area (TPSA) is 38.0 Å². The quantitative estimate of drug-likeness (QED) is 0.820. The minimum absolute atomic E-state index is 0.125. The van der Waals surface area contributed by atoms with Crippen molar-refractivity contribution in [3.63, 3.8) is 0 Å². The molecule has 1 saturated heterocycles. The summed E-state index contributed by atoms with van der Waals surface area (Å²) < 4.78 is 1.16. The second-order valence-corrected chi connectivity index (χ2v) is 5.55. The maximum Gasteiger partial charge on any atom is 0.0333 e. The number of rotatable bonds is 1. The Hall–Kier alpha value is -0.380. The largest absolute Gasteiger partial charge is 0.324 e. The van der Waals surface area contributed by atoms with Gasteiger partial charge in [0.05, 0.1) is 0 Å². The first-order valence-corrected chi connectivity index (χ1v) is 6.05. The van der Waals surface area contributed by atoms with Crippen LogP contribution in [0.5, 0.6) is 0 Å². The highest BCUT2D eigenvalue weighted by molar-refractivity contribution is 9.10. The van der Waals surface area contributed by atoms with Gasteiger partial charge >= 0.3 is 0 Å². The van der Waals surface area contributed by atoms with Crippen LogP contribution >= 0.6 is 15.9 Å². The molecule has 1 heterocycles. The van der Waals surface area contributed by atoms with Gasteiger partial charge in [-0.15, -0.1) is 0 Å². The zero-order valence-corrected chi connectivity index (χ0v) is 10.8. The van der Waals surface area contributed by atoms with Gasteiger partial charge in [0.15, 0.2) is 0 Å². The fourth-order valence-electron chi connectivity index (χ4n) is 2.23. The molecule has 0 bridgehead atoms. The maximum absolute atomic E-state index is 6.27. The third-order valence-electron chi connectivity index (χ3n) is 3.23. The SMILES string of the molecule is Cc1cc(C2CNCC2(C)N)ccc1Br. The number of hydrogen-bond donors (Lipinski definition) is 2. The number of nitrogens with one attached hydrogen (secondary N) is 1. The Morgan fingerprint density at radius 1 is 1.53 bits per heavy atom. The molecule has 15 heavy (non-hydrogen) atoms. The number of nitrogens with two attached hydrogens (primary N) is 1. The van der Waals surface area contributed by atoms with Crippen LogP contribution in [0.1, 0.15) is 24.0 Å². The van der Waals surface area contributed by atoms with Crippen molar-refractivity contribution in [1.82, 2.24) is 5.32 Å². The number of benzene rings is 1. The van der Waals surface area contributed by atoms with E-state index >= 15 is 0 Å². The van der Waals surface area contributed by atoms with Crippen LogP contribution in [0.25, 0.3) is 0 Å². The molecule has 82 valence electrons. The summed E-state index contributed by atoms with van der Waals surface area (Å²) in [4.78, 5) is 0. The first-order chi connectivity index (χ1) is 7.00. The minimum Gasteiger partial charge on any atom is -0.324 e. The Balaban J connectivity index is 2.33. The predicted octanol–water partition coefficient (Wildman–Crippen LogP) is 2.16. The van der Waals surface area contributed by atoms with E-state index in [4.69, 9.17) is 5.73 Å². The standard InChI is InChI=1S/C12H17BrN2/c1-8-5-9(3-4-11(8)13)10-6-15-7-12(10,2)14/h3-5,10,15H,6-7,14H2,1-2H3. The second-order valence-electron chi connectivity index (χ2n) is 4.70. The van der Waals surface area contributed by atoms with Crippen molar-refractivity contribution < 1.29 is 0 Å². The van der Waals surface area contributed by atoms with E-state index in [1.165, 1.54) is 11.1 Å². The van der Waals surface area contributed by atoms with Gasteiger partial charge in [0.25, 0.3) is 0 Å². The molecule has 0 aromatic heterocycles. The highest BCUT2D eigenvalue weighted by atomic mass is 79.9. The lowest BCUT2D eigenvalue weighted by molar-refractivity contribution is 0.462. The van der Waals surface area contributed by atoms with E-state index < -0.39 is 0 Å². The molecule has 2 atom stereocenters. The molecule has 2 nitrogen and oxygen atoms in total. The van der Waals surface area contributed by atoms with Crippen molar-refractivity contribution in [2.24, 2.45) is 5.73 Å². The fourth-order valence-corrected chi connectivity index (χ4v) is 2.47. The van der Waals surface area contributed by atoms with E-state index in [0.29, 0.717) is 5.92 Å². The Morgan fingerprint density at radius 2 is 2.27 bits per heavy atom. The van der Waals surface area contributed by atoms with Gasteiger partial charge in [-0.25, -0.2) is 0 Å². The smallest absolute Gasteiger partial charge is 0.0333 e. The van der Waals surface area contributed by atoms with Gasteiger partial charge in [0, 0.05) is 29.0 Å². The van der Waals surface area contributed by atoms with Crippen molar-refractivity contribution in [3.8, 4) is 0 Å². The molecule has 0 radical (unpaired) electrons. The Labute approximate surface area is 99.4 Å². The van der Waals surface area contributed by atoms with Crippen molar-refractivity contribution in [2.45, 2.75) is 25.3 Å². The fraction of sp³-hybridized carbons (Fsp3) is 0.500. The van der Waals surface area contributed by atoms with Gasteiger partial charge in [-0.3, -0.25) is 0 Å². The summed E-state index contributed by atoms with van der Waals surface area (Å²) in [5.41, 5.74) is 8.76. The summed E-state index contributed by atoms with van der Waals surface area (Å²) in [7, 11) is 0. The monoisotopic (exact) mass is 268 g/mol. The molecular formula is C12H17BrN2. The Bertz CT molecular complexity index is 374. The van der Waals surface area contributed by atoms with Crippen molar-refractivity contribution >= 4 is 15.9 Å². The first-order valence-electron chi connectivity index (χ1n) is 5.26. The summed E-state index contributed by atoms with van der Waals surface area (Å²) in [5, 5.41) is 3.36. The van der Waals surface area contributed by atoms with Crippen molar-refractivity contribution in [2.75, 3.05) is 13.1 Å². The molecule has 1 aliphatic heterocycles. The van der Waals surface area contributed by atoms with E-state index in [1.54, 1.807) is 0 Å². The Kier molecular flexibility index (Phi) is 2.88. The molecule has 1 fully saturated rings. The van der Waals surface area contributed by atoms with Gasteiger partial charge < -0.3 is 11.1 Å². The van der Waals surface area contributed by atoms with E-state index in [-0.39, 0.29) is 5.54 Å². The molecule has 3 heteroatoms. The molecule has 2 rings (SSSR count). The second kappa shape index (κ2) is 3.89.